The smallest absolute Gasteiger partial charge is 0.262 e. The van der Waals surface area contributed by atoms with Gasteiger partial charge in [-0.15, -0.1) is 5.10 Å². The number of benzene rings is 1. The molecule has 6 heteroatoms. The maximum absolute atomic E-state index is 12.0. The molecule has 0 aliphatic heterocycles. The number of aryl methyl sites for hydroxylation is 3. The minimum Gasteiger partial charge on any atom is -0.495 e. The molecule has 0 radical (unpaired) electrons. The van der Waals surface area contributed by atoms with Crippen LogP contribution in [0.3, 0.4) is 0 Å². The van der Waals surface area contributed by atoms with Gasteiger partial charge in [-0.3, -0.25) is 4.79 Å². The molecule has 0 unspecified atom stereocenters. The average molecular weight is 301 g/mol. The third kappa shape index (κ3) is 3.94. The number of aromatic nitrogens is 2. The molecule has 2 aromatic rings. The molecule has 0 saturated carbocycles. The van der Waals surface area contributed by atoms with Gasteiger partial charge in [-0.2, -0.15) is 5.10 Å². The SMILES string of the molecule is COc1ccc(C)cc1NC(=O)COc1cc(C)c(C)nn1. The Balaban J connectivity index is 1.98. The van der Waals surface area contributed by atoms with E-state index in [0.717, 1.165) is 16.8 Å². The summed E-state index contributed by atoms with van der Waals surface area (Å²) in [6.07, 6.45) is 0. The number of ether oxygens (including phenoxy) is 2. The minimum atomic E-state index is -0.288. The Hall–Kier alpha value is -2.63. The number of amides is 1. The summed E-state index contributed by atoms with van der Waals surface area (Å²) in [4.78, 5) is 12.0. The van der Waals surface area contributed by atoms with Gasteiger partial charge in [0.05, 0.1) is 18.5 Å². The third-order valence-corrected chi connectivity index (χ3v) is 3.19. The van der Waals surface area contributed by atoms with E-state index >= 15 is 0 Å². The maximum atomic E-state index is 12.0. The first-order chi connectivity index (χ1) is 10.5. The molecule has 1 N–H and O–H groups in total. The number of anilines is 1. The Bertz CT molecular complexity index is 686. The van der Waals surface area contributed by atoms with E-state index in [1.165, 1.54) is 0 Å². The molecule has 0 fully saturated rings. The van der Waals surface area contributed by atoms with Gasteiger partial charge in [-0.05, 0) is 44.0 Å². The molecular weight excluding hydrogens is 282 g/mol. The molecule has 0 spiro atoms. The summed E-state index contributed by atoms with van der Waals surface area (Å²) in [5, 5.41) is 10.6. The fourth-order valence-electron chi connectivity index (χ4n) is 1.84. The van der Waals surface area contributed by atoms with Crippen LogP contribution >= 0.6 is 0 Å². The number of hydrogen-bond donors (Lipinski definition) is 1. The van der Waals surface area contributed by atoms with Crippen molar-refractivity contribution in [2.45, 2.75) is 20.8 Å². The van der Waals surface area contributed by atoms with Crippen molar-refractivity contribution in [3.8, 4) is 11.6 Å². The molecule has 1 heterocycles. The molecule has 116 valence electrons. The van der Waals surface area contributed by atoms with Crippen molar-refractivity contribution in [1.82, 2.24) is 10.2 Å². The van der Waals surface area contributed by atoms with Gasteiger partial charge in [-0.1, -0.05) is 6.07 Å². The summed E-state index contributed by atoms with van der Waals surface area (Å²) in [6, 6.07) is 7.31. The number of carbonyl (C=O) groups is 1. The Morgan fingerprint density at radius 3 is 2.64 bits per heavy atom. The van der Waals surface area contributed by atoms with Crippen LogP contribution in [0.4, 0.5) is 5.69 Å². The number of nitrogens with one attached hydrogen (secondary N) is 1. The van der Waals surface area contributed by atoms with Crippen LogP contribution in [0.5, 0.6) is 11.6 Å². The standard InChI is InChI=1S/C16H19N3O3/c1-10-5-6-14(21-4)13(7-10)17-15(20)9-22-16-8-11(2)12(3)18-19-16/h5-8H,9H2,1-4H3,(H,17,20). The third-order valence-electron chi connectivity index (χ3n) is 3.19. The van der Waals surface area contributed by atoms with Crippen molar-refractivity contribution in [2.75, 3.05) is 19.0 Å². The summed E-state index contributed by atoms with van der Waals surface area (Å²) in [5.41, 5.74) is 3.44. The van der Waals surface area contributed by atoms with Crippen LogP contribution in [-0.2, 0) is 4.79 Å². The second-order valence-electron chi connectivity index (χ2n) is 4.99. The van der Waals surface area contributed by atoms with E-state index in [1.54, 1.807) is 19.2 Å². The zero-order valence-electron chi connectivity index (χ0n) is 13.1. The highest BCUT2D eigenvalue weighted by atomic mass is 16.5. The summed E-state index contributed by atoms with van der Waals surface area (Å²) >= 11 is 0. The van der Waals surface area contributed by atoms with E-state index in [2.05, 4.69) is 15.5 Å². The van der Waals surface area contributed by atoms with Gasteiger partial charge >= 0.3 is 0 Å². The second kappa shape index (κ2) is 6.89. The van der Waals surface area contributed by atoms with Gasteiger partial charge in [0, 0.05) is 6.07 Å². The molecule has 22 heavy (non-hydrogen) atoms. The molecule has 1 aromatic heterocycles. The summed E-state index contributed by atoms with van der Waals surface area (Å²) in [6.45, 7) is 5.57. The molecule has 2 rings (SSSR count). The zero-order valence-corrected chi connectivity index (χ0v) is 13.1. The monoisotopic (exact) mass is 301 g/mol. The van der Waals surface area contributed by atoms with Gasteiger partial charge in [0.15, 0.2) is 6.61 Å². The molecule has 0 aliphatic rings. The van der Waals surface area contributed by atoms with E-state index in [-0.39, 0.29) is 12.5 Å². The largest absolute Gasteiger partial charge is 0.495 e. The van der Waals surface area contributed by atoms with Gasteiger partial charge in [-0.25, -0.2) is 0 Å². The van der Waals surface area contributed by atoms with E-state index in [9.17, 15) is 4.79 Å². The van der Waals surface area contributed by atoms with Crippen LogP contribution < -0.4 is 14.8 Å². The topological polar surface area (TPSA) is 73.3 Å². The number of methoxy groups -OCH3 is 1. The highest BCUT2D eigenvalue weighted by Gasteiger charge is 2.09. The Labute approximate surface area is 129 Å². The molecule has 0 bridgehead atoms. The van der Waals surface area contributed by atoms with Crippen molar-refractivity contribution in [1.29, 1.82) is 0 Å². The lowest BCUT2D eigenvalue weighted by Gasteiger charge is -2.11. The van der Waals surface area contributed by atoms with Crippen LogP contribution in [0.25, 0.3) is 0 Å². The molecule has 1 aromatic carbocycles. The lowest BCUT2D eigenvalue weighted by atomic mass is 10.2. The number of hydrogen-bond acceptors (Lipinski definition) is 5. The van der Waals surface area contributed by atoms with Crippen LogP contribution in [0.15, 0.2) is 24.3 Å². The van der Waals surface area contributed by atoms with Gasteiger partial charge in [0.1, 0.15) is 5.75 Å². The van der Waals surface area contributed by atoms with Crippen molar-refractivity contribution >= 4 is 11.6 Å². The normalized spacial score (nSPS) is 10.2. The molecule has 0 atom stereocenters. The molecule has 6 nitrogen and oxygen atoms in total. The van der Waals surface area contributed by atoms with Crippen LogP contribution in [-0.4, -0.2) is 29.8 Å². The summed E-state index contributed by atoms with van der Waals surface area (Å²) in [5.74, 6) is 0.642. The Morgan fingerprint density at radius 2 is 1.95 bits per heavy atom. The number of rotatable bonds is 5. The van der Waals surface area contributed by atoms with Crippen molar-refractivity contribution in [3.63, 3.8) is 0 Å². The van der Waals surface area contributed by atoms with Gasteiger partial charge in [0.2, 0.25) is 5.88 Å². The van der Waals surface area contributed by atoms with Gasteiger partial charge in [0.25, 0.3) is 5.91 Å². The first-order valence-corrected chi connectivity index (χ1v) is 6.88. The first kappa shape index (κ1) is 15.8. The first-order valence-electron chi connectivity index (χ1n) is 6.88. The van der Waals surface area contributed by atoms with E-state index < -0.39 is 0 Å². The van der Waals surface area contributed by atoms with E-state index in [4.69, 9.17) is 9.47 Å². The molecular formula is C16H19N3O3. The average Bonchev–Trinajstić information content (AvgIpc) is 2.49. The lowest BCUT2D eigenvalue weighted by Crippen LogP contribution is -2.21. The predicted octanol–water partition coefficient (Wildman–Crippen LogP) is 2.43. The fourth-order valence-corrected chi connectivity index (χ4v) is 1.84. The molecule has 0 aliphatic carbocycles. The summed E-state index contributed by atoms with van der Waals surface area (Å²) in [7, 11) is 1.56. The lowest BCUT2D eigenvalue weighted by molar-refractivity contribution is -0.118. The second-order valence-corrected chi connectivity index (χ2v) is 4.99. The van der Waals surface area contributed by atoms with Crippen molar-refractivity contribution < 1.29 is 14.3 Å². The highest BCUT2D eigenvalue weighted by molar-refractivity contribution is 5.93. The van der Waals surface area contributed by atoms with E-state index in [1.807, 2.05) is 32.9 Å². The van der Waals surface area contributed by atoms with E-state index in [0.29, 0.717) is 17.3 Å². The van der Waals surface area contributed by atoms with Crippen molar-refractivity contribution in [3.05, 3.63) is 41.1 Å². The number of carbonyl (C=O) groups excluding carboxylic acids is 1. The summed E-state index contributed by atoms with van der Waals surface area (Å²) < 4.78 is 10.6. The van der Waals surface area contributed by atoms with Crippen LogP contribution in [0.1, 0.15) is 16.8 Å². The van der Waals surface area contributed by atoms with Crippen LogP contribution in [0.2, 0.25) is 0 Å². The fraction of sp³-hybridized carbons (Fsp3) is 0.312. The van der Waals surface area contributed by atoms with Crippen molar-refractivity contribution in [2.24, 2.45) is 0 Å². The van der Waals surface area contributed by atoms with Gasteiger partial charge < -0.3 is 14.8 Å². The number of nitrogens with zero attached hydrogens (tertiary/aromatic N) is 2. The van der Waals surface area contributed by atoms with Crippen LogP contribution in [0, 0.1) is 20.8 Å². The molecule has 0 saturated heterocycles. The maximum Gasteiger partial charge on any atom is 0.262 e. The molecule has 1 amide bonds. The zero-order chi connectivity index (χ0) is 16.1. The highest BCUT2D eigenvalue weighted by Crippen LogP contribution is 2.25. The minimum absolute atomic E-state index is 0.145. The quantitative estimate of drug-likeness (QED) is 0.918. The predicted molar refractivity (Wildman–Crippen MR) is 83.4 cm³/mol. The Kier molecular flexibility index (Phi) is 4.93. The Morgan fingerprint density at radius 1 is 1.18 bits per heavy atom.